The highest BCUT2D eigenvalue weighted by Crippen LogP contribution is 2.25. The third-order valence-electron chi connectivity index (χ3n) is 2.46. The molecule has 0 saturated heterocycles. The van der Waals surface area contributed by atoms with E-state index in [-0.39, 0.29) is 5.69 Å². The van der Waals surface area contributed by atoms with Crippen molar-refractivity contribution in [3.05, 3.63) is 53.6 Å². The lowest BCUT2D eigenvalue weighted by molar-refractivity contribution is 0.521. The van der Waals surface area contributed by atoms with Crippen LogP contribution in [0.3, 0.4) is 0 Å². The zero-order valence-electron chi connectivity index (χ0n) is 10.2. The summed E-state index contributed by atoms with van der Waals surface area (Å²) in [7, 11) is -4.74. The summed E-state index contributed by atoms with van der Waals surface area (Å²) >= 11 is 0. The minimum Gasteiger partial charge on any atom is -0.399 e. The zero-order chi connectivity index (χ0) is 15.8. The van der Waals surface area contributed by atoms with E-state index in [0.29, 0.717) is 18.2 Å². The second kappa shape index (κ2) is 5.24. The maximum Gasteiger partial charge on any atom is 0.267 e. The van der Waals surface area contributed by atoms with Crippen molar-refractivity contribution in [2.45, 2.75) is 4.90 Å². The van der Waals surface area contributed by atoms with Crippen molar-refractivity contribution in [3.63, 3.8) is 0 Å². The van der Waals surface area contributed by atoms with Crippen molar-refractivity contribution in [1.29, 1.82) is 0 Å². The van der Waals surface area contributed by atoms with Gasteiger partial charge in [-0.25, -0.2) is 26.0 Å². The number of rotatable bonds is 3. The number of hydrogen-bond donors (Lipinski definition) is 2. The summed E-state index contributed by atoms with van der Waals surface area (Å²) in [5.41, 5.74) is 4.21. The van der Waals surface area contributed by atoms with Crippen molar-refractivity contribution in [2.75, 3.05) is 10.5 Å². The number of nitrogen functional groups attached to an aromatic ring is 1. The molecule has 0 bridgehead atoms. The van der Waals surface area contributed by atoms with Crippen molar-refractivity contribution < 1.29 is 26.0 Å². The first-order valence-corrected chi connectivity index (χ1v) is 6.91. The lowest BCUT2D eigenvalue weighted by atomic mass is 10.3. The van der Waals surface area contributed by atoms with Crippen molar-refractivity contribution in [1.82, 2.24) is 0 Å². The molecule has 0 saturated carbocycles. The summed E-state index contributed by atoms with van der Waals surface area (Å²) in [4.78, 5) is -1.31. The van der Waals surface area contributed by atoms with E-state index in [0.717, 1.165) is 12.1 Å². The molecule has 0 radical (unpaired) electrons. The van der Waals surface area contributed by atoms with E-state index < -0.39 is 43.9 Å². The summed E-state index contributed by atoms with van der Waals surface area (Å²) in [6, 6.07) is 3.22. The monoisotopic (exact) mass is 320 g/mol. The van der Waals surface area contributed by atoms with E-state index in [4.69, 9.17) is 5.73 Å². The van der Waals surface area contributed by atoms with Crippen LogP contribution in [-0.2, 0) is 10.0 Å². The molecule has 9 heteroatoms. The van der Waals surface area contributed by atoms with E-state index in [1.54, 1.807) is 4.72 Å². The fourth-order valence-electron chi connectivity index (χ4n) is 1.60. The zero-order valence-corrected chi connectivity index (χ0v) is 11.0. The molecule has 21 heavy (non-hydrogen) atoms. The maximum atomic E-state index is 13.6. The molecule has 0 unspecified atom stereocenters. The Balaban J connectivity index is 2.48. The summed E-state index contributed by atoms with van der Waals surface area (Å²) in [6.45, 7) is 0. The molecule has 2 rings (SSSR count). The molecule has 4 nitrogen and oxygen atoms in total. The Kier molecular flexibility index (Phi) is 3.77. The number of nitrogens with two attached hydrogens (primary N) is 1. The second-order valence-electron chi connectivity index (χ2n) is 4.04. The standard InChI is InChI=1S/C12H8F4N2O2S/c13-6-1-2-11(8(14)3-6)18-21(19,20)12-9(15)4-7(17)5-10(12)16/h1-5,18H,17H2. The molecule has 2 aromatic carbocycles. The van der Waals surface area contributed by atoms with Gasteiger partial charge in [-0.15, -0.1) is 0 Å². The smallest absolute Gasteiger partial charge is 0.267 e. The number of benzene rings is 2. The van der Waals surface area contributed by atoms with Gasteiger partial charge in [-0.2, -0.15) is 0 Å². The lowest BCUT2D eigenvalue weighted by Crippen LogP contribution is -2.17. The molecule has 0 fully saturated rings. The van der Waals surface area contributed by atoms with Gasteiger partial charge in [0.25, 0.3) is 10.0 Å². The minimum absolute atomic E-state index is 0.308. The third kappa shape index (κ3) is 3.07. The van der Waals surface area contributed by atoms with Crippen LogP contribution in [0.2, 0.25) is 0 Å². The summed E-state index contributed by atoms with van der Waals surface area (Å²) in [5.74, 6) is -5.01. The predicted octanol–water partition coefficient (Wildman–Crippen LogP) is 2.63. The Morgan fingerprint density at radius 3 is 2.00 bits per heavy atom. The molecule has 0 spiro atoms. The predicted molar refractivity (Wildman–Crippen MR) is 67.9 cm³/mol. The molecule has 0 atom stereocenters. The number of halogens is 4. The molecule has 112 valence electrons. The van der Waals surface area contributed by atoms with Crippen LogP contribution in [0, 0.1) is 23.3 Å². The molecule has 2 aromatic rings. The maximum absolute atomic E-state index is 13.6. The highest BCUT2D eigenvalue weighted by Gasteiger charge is 2.25. The van der Waals surface area contributed by atoms with Crippen LogP contribution in [0.25, 0.3) is 0 Å². The molecule has 0 heterocycles. The topological polar surface area (TPSA) is 72.2 Å². The fourth-order valence-corrected chi connectivity index (χ4v) is 2.79. The first-order chi connectivity index (χ1) is 9.70. The molecule has 0 aliphatic rings. The quantitative estimate of drug-likeness (QED) is 0.674. The van der Waals surface area contributed by atoms with E-state index in [9.17, 15) is 26.0 Å². The molecule has 0 amide bonds. The average Bonchev–Trinajstić information content (AvgIpc) is 2.30. The van der Waals surface area contributed by atoms with Crippen LogP contribution >= 0.6 is 0 Å². The van der Waals surface area contributed by atoms with Gasteiger partial charge < -0.3 is 5.73 Å². The number of sulfonamides is 1. The van der Waals surface area contributed by atoms with Gasteiger partial charge in [-0.05, 0) is 24.3 Å². The number of hydrogen-bond acceptors (Lipinski definition) is 3. The van der Waals surface area contributed by atoms with E-state index >= 15 is 0 Å². The normalized spacial score (nSPS) is 11.4. The number of nitrogens with one attached hydrogen (secondary N) is 1. The summed E-state index contributed by atoms with van der Waals surface area (Å²) in [5, 5.41) is 0. The van der Waals surface area contributed by atoms with Crippen LogP contribution in [0.4, 0.5) is 28.9 Å². The van der Waals surface area contributed by atoms with Gasteiger partial charge >= 0.3 is 0 Å². The average molecular weight is 320 g/mol. The highest BCUT2D eigenvalue weighted by molar-refractivity contribution is 7.92. The van der Waals surface area contributed by atoms with E-state index in [1.807, 2.05) is 0 Å². The summed E-state index contributed by atoms with van der Waals surface area (Å²) < 4.78 is 78.7. The first kappa shape index (κ1) is 15.1. The van der Waals surface area contributed by atoms with Crippen molar-refractivity contribution in [2.24, 2.45) is 0 Å². The molecule has 0 aliphatic heterocycles. The second-order valence-corrected chi connectivity index (χ2v) is 5.66. The molecule has 0 aliphatic carbocycles. The van der Waals surface area contributed by atoms with Crippen molar-refractivity contribution >= 4 is 21.4 Å². The van der Waals surface area contributed by atoms with E-state index in [1.165, 1.54) is 0 Å². The van der Waals surface area contributed by atoms with Crippen LogP contribution in [0.5, 0.6) is 0 Å². The Morgan fingerprint density at radius 2 is 1.48 bits per heavy atom. The molecular formula is C12H8F4N2O2S. The SMILES string of the molecule is Nc1cc(F)c(S(=O)(=O)Nc2ccc(F)cc2F)c(F)c1. The lowest BCUT2D eigenvalue weighted by Gasteiger charge is -2.11. The van der Waals surface area contributed by atoms with Gasteiger partial charge in [0, 0.05) is 11.8 Å². The van der Waals surface area contributed by atoms with Crippen molar-refractivity contribution in [3.8, 4) is 0 Å². The number of anilines is 2. The van der Waals surface area contributed by atoms with Gasteiger partial charge in [0.1, 0.15) is 23.3 Å². The molecule has 3 N–H and O–H groups in total. The largest absolute Gasteiger partial charge is 0.399 e. The van der Waals surface area contributed by atoms with Gasteiger partial charge in [0.15, 0.2) is 4.90 Å². The highest BCUT2D eigenvalue weighted by atomic mass is 32.2. The Labute approximate surface area is 117 Å². The van der Waals surface area contributed by atoms with Gasteiger partial charge in [0.2, 0.25) is 0 Å². The Morgan fingerprint density at radius 1 is 0.905 bits per heavy atom. The minimum atomic E-state index is -4.74. The molecular weight excluding hydrogens is 312 g/mol. The fraction of sp³-hybridized carbons (Fsp3) is 0. The Bertz CT molecular complexity index is 786. The van der Waals surface area contributed by atoms with Crippen LogP contribution in [0.15, 0.2) is 35.2 Å². The first-order valence-electron chi connectivity index (χ1n) is 5.43. The van der Waals surface area contributed by atoms with Gasteiger partial charge in [0.05, 0.1) is 5.69 Å². The van der Waals surface area contributed by atoms with Gasteiger partial charge in [-0.1, -0.05) is 0 Å². The van der Waals surface area contributed by atoms with Crippen LogP contribution in [0.1, 0.15) is 0 Å². The van der Waals surface area contributed by atoms with E-state index in [2.05, 4.69) is 0 Å². The molecule has 0 aromatic heterocycles. The van der Waals surface area contributed by atoms with Crippen LogP contribution < -0.4 is 10.5 Å². The third-order valence-corrected chi connectivity index (χ3v) is 3.88. The summed E-state index contributed by atoms with van der Waals surface area (Å²) in [6.07, 6.45) is 0. The van der Waals surface area contributed by atoms with Crippen LogP contribution in [-0.4, -0.2) is 8.42 Å². The Hall–Kier alpha value is -2.29. The van der Waals surface area contributed by atoms with Gasteiger partial charge in [-0.3, -0.25) is 4.72 Å².